The van der Waals surface area contributed by atoms with E-state index in [2.05, 4.69) is 20.9 Å². The van der Waals surface area contributed by atoms with E-state index < -0.39 is 0 Å². The lowest BCUT2D eigenvalue weighted by Gasteiger charge is -2.18. The number of hydrogen-bond donors (Lipinski definition) is 0. The van der Waals surface area contributed by atoms with Gasteiger partial charge in [-0.3, -0.25) is 9.69 Å². The van der Waals surface area contributed by atoms with Crippen molar-refractivity contribution in [2.75, 3.05) is 12.0 Å². The van der Waals surface area contributed by atoms with Crippen molar-refractivity contribution in [2.45, 2.75) is 0 Å². The van der Waals surface area contributed by atoms with Crippen molar-refractivity contribution in [3.8, 4) is 5.75 Å². The number of amides is 1. The molecule has 0 bridgehead atoms. The normalized spacial score (nSPS) is 15.1. The van der Waals surface area contributed by atoms with Crippen molar-refractivity contribution >= 4 is 39.4 Å². The lowest BCUT2D eigenvalue weighted by molar-refractivity contribution is -0.113. The Balaban J connectivity index is 1.80. The number of halogens is 1. The average Bonchev–Trinajstić information content (AvgIpc) is 3.05. The summed E-state index contributed by atoms with van der Waals surface area (Å²) >= 11 is 3.47. The van der Waals surface area contributed by atoms with Crippen molar-refractivity contribution in [1.82, 2.24) is 0 Å². The summed E-state index contributed by atoms with van der Waals surface area (Å²) < 4.78 is 6.18. The maximum Gasteiger partial charge on any atom is 0.282 e. The van der Waals surface area contributed by atoms with Gasteiger partial charge in [0, 0.05) is 10.0 Å². The molecule has 0 saturated carbocycles. The number of nitrogens with zero attached hydrogens (tertiary/aromatic N) is 2. The van der Waals surface area contributed by atoms with Crippen LogP contribution in [-0.4, -0.2) is 18.9 Å². The van der Waals surface area contributed by atoms with E-state index in [9.17, 15) is 4.79 Å². The molecule has 5 heteroatoms. The van der Waals surface area contributed by atoms with Gasteiger partial charge in [0.05, 0.1) is 12.8 Å². The second kappa shape index (κ2) is 7.82. The molecule has 0 N–H and O–H groups in total. The summed E-state index contributed by atoms with van der Waals surface area (Å²) in [6, 6.07) is 24.9. The van der Waals surface area contributed by atoms with Gasteiger partial charge in [0.25, 0.3) is 5.91 Å². The molecule has 1 aliphatic rings. The predicted molar refractivity (Wildman–Crippen MR) is 116 cm³/mol. The predicted octanol–water partition coefficient (Wildman–Crippen LogP) is 5.29. The Hall–Kier alpha value is -3.18. The molecule has 4 rings (SSSR count). The van der Waals surface area contributed by atoms with E-state index in [0.29, 0.717) is 11.5 Å². The van der Waals surface area contributed by atoms with Crippen LogP contribution < -0.4 is 9.64 Å². The van der Waals surface area contributed by atoms with Gasteiger partial charge in [0.15, 0.2) is 0 Å². The summed E-state index contributed by atoms with van der Waals surface area (Å²) in [7, 11) is 1.62. The third-order valence-corrected chi connectivity index (χ3v) is 4.87. The molecule has 3 aromatic carbocycles. The Morgan fingerprint density at radius 1 is 0.964 bits per heavy atom. The second-order valence-electron chi connectivity index (χ2n) is 6.22. The smallest absolute Gasteiger partial charge is 0.282 e. The summed E-state index contributed by atoms with van der Waals surface area (Å²) in [5.41, 5.74) is 2.92. The molecule has 4 nitrogen and oxygen atoms in total. The Bertz CT molecular complexity index is 1070. The van der Waals surface area contributed by atoms with E-state index in [1.807, 2.05) is 78.9 Å². The summed E-state index contributed by atoms with van der Waals surface area (Å²) in [6.45, 7) is 0. The topological polar surface area (TPSA) is 41.9 Å². The first-order valence-electron chi connectivity index (χ1n) is 8.75. The zero-order chi connectivity index (χ0) is 19.5. The molecule has 1 heterocycles. The molecule has 1 amide bonds. The molecular weight excluding hydrogens is 416 g/mol. The molecule has 0 unspecified atom stereocenters. The van der Waals surface area contributed by atoms with Crippen LogP contribution in [0.2, 0.25) is 0 Å². The Morgan fingerprint density at radius 2 is 1.71 bits per heavy atom. The molecule has 1 aliphatic heterocycles. The van der Waals surface area contributed by atoms with Gasteiger partial charge >= 0.3 is 0 Å². The van der Waals surface area contributed by atoms with Gasteiger partial charge < -0.3 is 4.74 Å². The molecule has 0 atom stereocenters. The monoisotopic (exact) mass is 432 g/mol. The van der Waals surface area contributed by atoms with E-state index in [-0.39, 0.29) is 5.91 Å². The highest BCUT2D eigenvalue weighted by Gasteiger charge is 2.32. The van der Waals surface area contributed by atoms with Crippen LogP contribution in [0.25, 0.3) is 6.08 Å². The number of aliphatic imine (C=N–C) groups is 1. The summed E-state index contributed by atoms with van der Waals surface area (Å²) in [5.74, 6) is 1.18. The Morgan fingerprint density at radius 3 is 2.39 bits per heavy atom. The van der Waals surface area contributed by atoms with Gasteiger partial charge in [-0.25, -0.2) is 4.99 Å². The molecule has 0 radical (unpaired) electrons. The van der Waals surface area contributed by atoms with Crippen LogP contribution in [-0.2, 0) is 4.79 Å². The highest BCUT2D eigenvalue weighted by atomic mass is 79.9. The molecule has 3 aromatic rings. The number of methoxy groups -OCH3 is 1. The molecular formula is C23H17BrN2O2. The number of carbonyl (C=O) groups is 1. The second-order valence-corrected chi connectivity index (χ2v) is 7.14. The fourth-order valence-electron chi connectivity index (χ4n) is 3.02. The largest absolute Gasteiger partial charge is 0.497 e. The minimum absolute atomic E-state index is 0.163. The maximum atomic E-state index is 13.2. The highest BCUT2D eigenvalue weighted by Crippen LogP contribution is 2.29. The highest BCUT2D eigenvalue weighted by molar-refractivity contribution is 9.10. The van der Waals surface area contributed by atoms with E-state index in [0.717, 1.165) is 27.0 Å². The summed E-state index contributed by atoms with van der Waals surface area (Å²) in [4.78, 5) is 19.5. The van der Waals surface area contributed by atoms with Gasteiger partial charge in [-0.1, -0.05) is 58.4 Å². The van der Waals surface area contributed by atoms with Gasteiger partial charge in [-0.05, 0) is 48.0 Å². The maximum absolute atomic E-state index is 13.2. The Kier molecular flexibility index (Phi) is 5.08. The number of carbonyl (C=O) groups excluding carboxylic acids is 1. The first-order valence-corrected chi connectivity index (χ1v) is 9.55. The summed E-state index contributed by atoms with van der Waals surface area (Å²) in [5, 5.41) is 0. The van der Waals surface area contributed by atoms with Crippen LogP contribution in [0.3, 0.4) is 0 Å². The molecule has 28 heavy (non-hydrogen) atoms. The van der Waals surface area contributed by atoms with Crippen LogP contribution >= 0.6 is 15.9 Å². The van der Waals surface area contributed by atoms with Gasteiger partial charge in [0.1, 0.15) is 17.3 Å². The number of ether oxygens (including phenoxy) is 1. The number of benzene rings is 3. The summed E-state index contributed by atoms with van der Waals surface area (Å²) in [6.07, 6.45) is 1.81. The minimum atomic E-state index is -0.163. The zero-order valence-electron chi connectivity index (χ0n) is 15.2. The third-order valence-electron chi connectivity index (χ3n) is 4.38. The van der Waals surface area contributed by atoms with Crippen LogP contribution in [0.5, 0.6) is 5.75 Å². The standard InChI is InChI=1S/C23H17BrN2O2/c1-28-20-12-10-19(11-13-20)26-22(17-7-3-2-4-8-17)25-21(23(26)27)15-16-6-5-9-18(24)14-16/h2-15H,1H3/b21-15+. The van der Waals surface area contributed by atoms with Gasteiger partial charge in [-0.2, -0.15) is 0 Å². The van der Waals surface area contributed by atoms with E-state index in [4.69, 9.17) is 4.74 Å². The van der Waals surface area contributed by atoms with Crippen molar-refractivity contribution in [3.63, 3.8) is 0 Å². The number of hydrogen-bond acceptors (Lipinski definition) is 3. The van der Waals surface area contributed by atoms with Crippen LogP contribution in [0.4, 0.5) is 5.69 Å². The van der Waals surface area contributed by atoms with Crippen molar-refractivity contribution in [3.05, 3.63) is 100 Å². The molecule has 0 aromatic heterocycles. The molecule has 0 spiro atoms. The fraction of sp³-hybridized carbons (Fsp3) is 0.0435. The van der Waals surface area contributed by atoms with Crippen LogP contribution in [0.1, 0.15) is 11.1 Å². The van der Waals surface area contributed by atoms with Crippen molar-refractivity contribution in [1.29, 1.82) is 0 Å². The minimum Gasteiger partial charge on any atom is -0.497 e. The molecule has 138 valence electrons. The number of anilines is 1. The number of rotatable bonds is 4. The zero-order valence-corrected chi connectivity index (χ0v) is 16.8. The van der Waals surface area contributed by atoms with E-state index in [1.54, 1.807) is 18.1 Å². The van der Waals surface area contributed by atoms with Crippen molar-refractivity contribution < 1.29 is 9.53 Å². The molecule has 0 aliphatic carbocycles. The first kappa shape index (κ1) is 18.2. The average molecular weight is 433 g/mol. The Labute approximate surface area is 171 Å². The molecule has 0 fully saturated rings. The lowest BCUT2D eigenvalue weighted by Crippen LogP contribution is -2.32. The van der Waals surface area contributed by atoms with Crippen molar-refractivity contribution in [2.24, 2.45) is 4.99 Å². The first-order chi connectivity index (χ1) is 13.7. The van der Waals surface area contributed by atoms with E-state index in [1.165, 1.54) is 0 Å². The third kappa shape index (κ3) is 3.62. The fourth-order valence-corrected chi connectivity index (χ4v) is 3.44. The van der Waals surface area contributed by atoms with E-state index >= 15 is 0 Å². The van der Waals surface area contributed by atoms with Gasteiger partial charge in [-0.15, -0.1) is 0 Å². The SMILES string of the molecule is COc1ccc(N2C(=O)/C(=C\c3cccc(Br)c3)N=C2c2ccccc2)cc1. The van der Waals surface area contributed by atoms with Gasteiger partial charge in [0.2, 0.25) is 0 Å². The lowest BCUT2D eigenvalue weighted by atomic mass is 10.1. The van der Waals surface area contributed by atoms with Crippen LogP contribution in [0.15, 0.2) is 94.0 Å². The number of amidine groups is 1. The molecule has 0 saturated heterocycles. The quantitative estimate of drug-likeness (QED) is 0.525. The van der Waals surface area contributed by atoms with Crippen LogP contribution in [0, 0.1) is 0 Å².